The van der Waals surface area contributed by atoms with Crippen molar-refractivity contribution in [2.75, 3.05) is 12.4 Å². The Labute approximate surface area is 112 Å². The highest BCUT2D eigenvalue weighted by Gasteiger charge is 2.41. The summed E-state index contributed by atoms with van der Waals surface area (Å²) in [6.07, 6.45) is 3.71. The molecule has 0 aromatic carbocycles. The van der Waals surface area contributed by atoms with Gasteiger partial charge in [-0.3, -0.25) is 4.68 Å². The van der Waals surface area contributed by atoms with Crippen LogP contribution < -0.4 is 5.32 Å². The van der Waals surface area contributed by atoms with E-state index in [2.05, 4.69) is 10.4 Å². The quantitative estimate of drug-likeness (QED) is 0.810. The summed E-state index contributed by atoms with van der Waals surface area (Å²) in [6.45, 7) is 3.82. The van der Waals surface area contributed by atoms with E-state index < -0.39 is 0 Å². The van der Waals surface area contributed by atoms with E-state index in [0.29, 0.717) is 5.41 Å². The molecule has 0 spiro atoms. The standard InChI is InChI=1S/C12H19Cl2N3/c1-9-10(11(14)17(2)16-9)7-15-8-12(3-4-12)5-6-13/h15H,3-8H2,1-2H3. The van der Waals surface area contributed by atoms with Gasteiger partial charge in [0.25, 0.3) is 0 Å². The van der Waals surface area contributed by atoms with Gasteiger partial charge in [0.1, 0.15) is 5.15 Å². The first-order valence-corrected chi connectivity index (χ1v) is 6.94. The molecule has 0 amide bonds. The number of nitrogens with one attached hydrogen (secondary N) is 1. The number of hydrogen-bond donors (Lipinski definition) is 1. The molecule has 1 aliphatic rings. The molecule has 1 N–H and O–H groups in total. The van der Waals surface area contributed by atoms with Gasteiger partial charge in [0, 0.05) is 31.6 Å². The summed E-state index contributed by atoms with van der Waals surface area (Å²) in [7, 11) is 1.87. The average molecular weight is 276 g/mol. The minimum atomic E-state index is 0.463. The maximum Gasteiger partial charge on any atom is 0.131 e. The maximum atomic E-state index is 6.18. The Kier molecular flexibility index (Phi) is 4.01. The Morgan fingerprint density at radius 1 is 1.47 bits per heavy atom. The molecule has 1 aromatic rings. The van der Waals surface area contributed by atoms with Crippen LogP contribution in [0.2, 0.25) is 5.15 Å². The summed E-state index contributed by atoms with van der Waals surface area (Å²) in [5.74, 6) is 0.758. The Morgan fingerprint density at radius 2 is 2.18 bits per heavy atom. The Hall–Kier alpha value is -0.250. The predicted molar refractivity (Wildman–Crippen MR) is 71.7 cm³/mol. The largest absolute Gasteiger partial charge is 0.312 e. The first-order chi connectivity index (χ1) is 8.08. The molecular weight excluding hydrogens is 257 g/mol. The molecule has 0 aliphatic heterocycles. The van der Waals surface area contributed by atoms with Crippen LogP contribution in [0.15, 0.2) is 0 Å². The van der Waals surface area contributed by atoms with Gasteiger partial charge in [0.05, 0.1) is 5.69 Å². The van der Waals surface area contributed by atoms with Gasteiger partial charge in [-0.05, 0) is 31.6 Å². The van der Waals surface area contributed by atoms with Crippen LogP contribution in [-0.4, -0.2) is 22.2 Å². The van der Waals surface area contributed by atoms with Gasteiger partial charge in [0.15, 0.2) is 0 Å². The third-order valence-corrected chi connectivity index (χ3v) is 4.32. The van der Waals surface area contributed by atoms with Crippen molar-refractivity contribution in [3.63, 3.8) is 0 Å². The third-order valence-electron chi connectivity index (χ3n) is 3.65. The molecule has 1 saturated carbocycles. The average Bonchev–Trinajstić information content (AvgIpc) is 2.99. The molecule has 0 atom stereocenters. The molecule has 1 fully saturated rings. The molecule has 0 saturated heterocycles. The van der Waals surface area contributed by atoms with Crippen molar-refractivity contribution in [1.29, 1.82) is 0 Å². The monoisotopic (exact) mass is 275 g/mol. The van der Waals surface area contributed by atoms with Gasteiger partial charge in [-0.2, -0.15) is 5.10 Å². The molecule has 0 bridgehead atoms. The molecule has 0 unspecified atom stereocenters. The van der Waals surface area contributed by atoms with Crippen molar-refractivity contribution >= 4 is 23.2 Å². The van der Waals surface area contributed by atoms with Crippen molar-refractivity contribution in [3.8, 4) is 0 Å². The van der Waals surface area contributed by atoms with E-state index in [9.17, 15) is 0 Å². The highest BCUT2D eigenvalue weighted by Crippen LogP contribution is 2.48. The lowest BCUT2D eigenvalue weighted by Gasteiger charge is -2.14. The molecule has 5 heteroatoms. The van der Waals surface area contributed by atoms with Gasteiger partial charge in [-0.25, -0.2) is 0 Å². The van der Waals surface area contributed by atoms with Crippen molar-refractivity contribution < 1.29 is 0 Å². The SMILES string of the molecule is Cc1nn(C)c(Cl)c1CNCC1(CCCl)CC1. The van der Waals surface area contributed by atoms with Gasteiger partial charge in [-0.15, -0.1) is 11.6 Å². The van der Waals surface area contributed by atoms with E-state index in [1.807, 2.05) is 14.0 Å². The lowest BCUT2D eigenvalue weighted by molar-refractivity contribution is 0.445. The van der Waals surface area contributed by atoms with Crippen LogP contribution in [0.25, 0.3) is 0 Å². The summed E-state index contributed by atoms with van der Waals surface area (Å²) < 4.78 is 1.72. The second-order valence-corrected chi connectivity index (χ2v) is 5.76. The van der Waals surface area contributed by atoms with Crippen molar-refractivity contribution in [3.05, 3.63) is 16.4 Å². The molecule has 1 aliphatic carbocycles. The molecule has 1 aromatic heterocycles. The highest BCUT2D eigenvalue weighted by atomic mass is 35.5. The number of nitrogens with zero attached hydrogens (tertiary/aromatic N) is 2. The van der Waals surface area contributed by atoms with Gasteiger partial charge in [0.2, 0.25) is 0 Å². The zero-order valence-corrected chi connectivity index (χ0v) is 11.9. The van der Waals surface area contributed by atoms with Crippen LogP contribution in [0.1, 0.15) is 30.5 Å². The minimum Gasteiger partial charge on any atom is -0.312 e. The van der Waals surface area contributed by atoms with Crippen molar-refractivity contribution in [1.82, 2.24) is 15.1 Å². The minimum absolute atomic E-state index is 0.463. The van der Waals surface area contributed by atoms with Gasteiger partial charge < -0.3 is 5.32 Å². The van der Waals surface area contributed by atoms with Gasteiger partial charge >= 0.3 is 0 Å². The van der Waals surface area contributed by atoms with E-state index in [4.69, 9.17) is 23.2 Å². The van der Waals surface area contributed by atoms with Crippen LogP contribution >= 0.6 is 23.2 Å². The lowest BCUT2D eigenvalue weighted by atomic mass is 10.0. The smallest absolute Gasteiger partial charge is 0.131 e. The number of alkyl halides is 1. The zero-order chi connectivity index (χ0) is 12.5. The zero-order valence-electron chi connectivity index (χ0n) is 10.4. The first kappa shape index (κ1) is 13.2. The number of aromatic nitrogens is 2. The molecule has 0 radical (unpaired) electrons. The van der Waals surface area contributed by atoms with Crippen LogP contribution in [0.3, 0.4) is 0 Å². The van der Waals surface area contributed by atoms with E-state index in [1.54, 1.807) is 4.68 Å². The predicted octanol–water partition coefficient (Wildman–Crippen LogP) is 2.88. The van der Waals surface area contributed by atoms with E-state index in [1.165, 1.54) is 12.8 Å². The van der Waals surface area contributed by atoms with E-state index >= 15 is 0 Å². The molecular formula is C12H19Cl2N3. The summed E-state index contributed by atoms with van der Waals surface area (Å²) in [5.41, 5.74) is 2.58. The second kappa shape index (κ2) is 5.17. The summed E-state index contributed by atoms with van der Waals surface area (Å²) >= 11 is 12.0. The Bertz CT molecular complexity index is 397. The fourth-order valence-electron chi connectivity index (χ4n) is 2.22. The maximum absolute atomic E-state index is 6.18. The number of halogens is 2. The van der Waals surface area contributed by atoms with Crippen LogP contribution in [0, 0.1) is 12.3 Å². The summed E-state index contributed by atoms with van der Waals surface area (Å²) in [4.78, 5) is 0. The summed E-state index contributed by atoms with van der Waals surface area (Å²) in [6, 6.07) is 0. The van der Waals surface area contributed by atoms with Gasteiger partial charge in [-0.1, -0.05) is 11.6 Å². The topological polar surface area (TPSA) is 29.9 Å². The molecule has 96 valence electrons. The second-order valence-electron chi connectivity index (χ2n) is 5.02. The van der Waals surface area contributed by atoms with E-state index in [0.717, 1.165) is 41.8 Å². The van der Waals surface area contributed by atoms with Crippen LogP contribution in [0.5, 0.6) is 0 Å². The highest BCUT2D eigenvalue weighted by molar-refractivity contribution is 6.30. The molecule has 3 nitrogen and oxygen atoms in total. The number of hydrogen-bond acceptors (Lipinski definition) is 2. The Balaban J connectivity index is 1.86. The van der Waals surface area contributed by atoms with Crippen molar-refractivity contribution in [2.24, 2.45) is 12.5 Å². The first-order valence-electron chi connectivity index (χ1n) is 6.03. The molecule has 1 heterocycles. The fourth-order valence-corrected chi connectivity index (χ4v) is 2.86. The van der Waals surface area contributed by atoms with Crippen LogP contribution in [0.4, 0.5) is 0 Å². The normalized spacial score (nSPS) is 17.4. The summed E-state index contributed by atoms with van der Waals surface area (Å²) in [5, 5.41) is 8.52. The fraction of sp³-hybridized carbons (Fsp3) is 0.750. The lowest BCUT2D eigenvalue weighted by Crippen LogP contribution is -2.24. The number of rotatable bonds is 6. The Morgan fingerprint density at radius 3 is 2.65 bits per heavy atom. The number of aryl methyl sites for hydroxylation is 2. The third kappa shape index (κ3) is 2.95. The van der Waals surface area contributed by atoms with E-state index in [-0.39, 0.29) is 0 Å². The molecule has 2 rings (SSSR count). The molecule has 17 heavy (non-hydrogen) atoms. The van der Waals surface area contributed by atoms with Crippen LogP contribution in [-0.2, 0) is 13.6 Å². The van der Waals surface area contributed by atoms with Crippen molar-refractivity contribution in [2.45, 2.75) is 32.7 Å².